The van der Waals surface area contributed by atoms with Gasteiger partial charge in [-0.1, -0.05) is 19.3 Å². The fourth-order valence-electron chi connectivity index (χ4n) is 2.33. The standard InChI is InChI=1S/C10H15NO2/c12-9-6-7-11(10(9)13)8-4-2-1-3-5-8/h8H,1-7H2. The van der Waals surface area contributed by atoms with E-state index in [0.29, 0.717) is 19.0 Å². The molecule has 0 aromatic carbocycles. The molecule has 0 bridgehead atoms. The Morgan fingerprint density at radius 2 is 1.77 bits per heavy atom. The van der Waals surface area contributed by atoms with E-state index < -0.39 is 0 Å². The summed E-state index contributed by atoms with van der Waals surface area (Å²) in [7, 11) is 0. The number of ketones is 1. The van der Waals surface area contributed by atoms with Gasteiger partial charge in [-0.15, -0.1) is 0 Å². The van der Waals surface area contributed by atoms with E-state index in [1.54, 1.807) is 4.90 Å². The van der Waals surface area contributed by atoms with E-state index in [1.165, 1.54) is 19.3 Å². The molecule has 0 unspecified atom stereocenters. The summed E-state index contributed by atoms with van der Waals surface area (Å²) in [6.45, 7) is 0.669. The van der Waals surface area contributed by atoms with Crippen LogP contribution >= 0.6 is 0 Å². The summed E-state index contributed by atoms with van der Waals surface area (Å²) < 4.78 is 0. The lowest BCUT2D eigenvalue weighted by Crippen LogP contribution is -2.38. The fourth-order valence-corrected chi connectivity index (χ4v) is 2.33. The van der Waals surface area contributed by atoms with Crippen LogP contribution in [0.4, 0.5) is 0 Å². The Bertz CT molecular complexity index is 231. The molecular weight excluding hydrogens is 166 g/mol. The number of rotatable bonds is 1. The third-order valence-electron chi connectivity index (χ3n) is 3.09. The molecule has 1 saturated heterocycles. The van der Waals surface area contributed by atoms with Gasteiger partial charge in [0.25, 0.3) is 5.91 Å². The van der Waals surface area contributed by atoms with Crippen molar-refractivity contribution in [1.82, 2.24) is 4.90 Å². The molecule has 3 heteroatoms. The van der Waals surface area contributed by atoms with Crippen LogP contribution in [0.15, 0.2) is 0 Å². The van der Waals surface area contributed by atoms with Gasteiger partial charge in [-0.2, -0.15) is 0 Å². The molecule has 2 aliphatic rings. The van der Waals surface area contributed by atoms with Crippen molar-refractivity contribution in [3.05, 3.63) is 0 Å². The van der Waals surface area contributed by atoms with E-state index in [-0.39, 0.29) is 11.7 Å². The van der Waals surface area contributed by atoms with Gasteiger partial charge >= 0.3 is 0 Å². The van der Waals surface area contributed by atoms with Gasteiger partial charge in [-0.3, -0.25) is 9.59 Å². The largest absolute Gasteiger partial charge is 0.333 e. The SMILES string of the molecule is O=C1CCN(C2CCCCC2)C1=O. The molecule has 2 fully saturated rings. The van der Waals surface area contributed by atoms with E-state index in [9.17, 15) is 9.59 Å². The van der Waals surface area contributed by atoms with Crippen molar-refractivity contribution in [2.24, 2.45) is 0 Å². The van der Waals surface area contributed by atoms with Crippen molar-refractivity contribution < 1.29 is 9.59 Å². The summed E-state index contributed by atoms with van der Waals surface area (Å²) in [4.78, 5) is 24.2. The molecular formula is C10H15NO2. The van der Waals surface area contributed by atoms with Gasteiger partial charge in [-0.25, -0.2) is 0 Å². The summed E-state index contributed by atoms with van der Waals surface area (Å²) in [6, 6.07) is 0.368. The number of hydrogen-bond donors (Lipinski definition) is 0. The Morgan fingerprint density at radius 1 is 1.08 bits per heavy atom. The summed E-state index contributed by atoms with van der Waals surface area (Å²) in [5.41, 5.74) is 0. The Morgan fingerprint density at radius 3 is 2.31 bits per heavy atom. The van der Waals surface area contributed by atoms with Crippen molar-refractivity contribution in [3.8, 4) is 0 Å². The number of Topliss-reactive ketones (excluding diaryl/α,β-unsaturated/α-hetero) is 1. The van der Waals surface area contributed by atoms with Crippen molar-refractivity contribution >= 4 is 11.7 Å². The van der Waals surface area contributed by atoms with Gasteiger partial charge in [0, 0.05) is 19.0 Å². The second kappa shape index (κ2) is 3.48. The average Bonchev–Trinajstić information content (AvgIpc) is 2.49. The first-order valence-corrected chi connectivity index (χ1v) is 5.13. The Hall–Kier alpha value is -0.860. The molecule has 0 atom stereocenters. The topological polar surface area (TPSA) is 37.4 Å². The Labute approximate surface area is 78.1 Å². The predicted octanol–water partition coefficient (Wildman–Crippen LogP) is 1.12. The van der Waals surface area contributed by atoms with E-state index in [1.807, 2.05) is 0 Å². The minimum Gasteiger partial charge on any atom is -0.333 e. The van der Waals surface area contributed by atoms with Gasteiger partial charge in [0.1, 0.15) is 0 Å². The lowest BCUT2D eigenvalue weighted by Gasteiger charge is -2.30. The van der Waals surface area contributed by atoms with Crippen LogP contribution in [0.3, 0.4) is 0 Å². The zero-order valence-electron chi connectivity index (χ0n) is 7.79. The molecule has 0 spiro atoms. The quantitative estimate of drug-likeness (QED) is 0.568. The smallest absolute Gasteiger partial charge is 0.290 e. The zero-order chi connectivity index (χ0) is 9.26. The maximum absolute atomic E-state index is 11.4. The first-order chi connectivity index (χ1) is 6.29. The summed E-state index contributed by atoms with van der Waals surface area (Å²) in [5.74, 6) is -0.419. The fraction of sp³-hybridized carbons (Fsp3) is 0.800. The average molecular weight is 181 g/mol. The highest BCUT2D eigenvalue weighted by molar-refractivity contribution is 6.37. The summed E-state index contributed by atoms with van der Waals surface area (Å²) >= 11 is 0. The van der Waals surface area contributed by atoms with E-state index in [2.05, 4.69) is 0 Å². The number of nitrogens with zero attached hydrogens (tertiary/aromatic N) is 1. The number of likely N-dealkylation sites (tertiary alicyclic amines) is 1. The normalized spacial score (nSPS) is 25.7. The highest BCUT2D eigenvalue weighted by Crippen LogP contribution is 2.25. The molecule has 0 aromatic rings. The van der Waals surface area contributed by atoms with Crippen LogP contribution in [0.25, 0.3) is 0 Å². The third-order valence-corrected chi connectivity index (χ3v) is 3.09. The van der Waals surface area contributed by atoms with Crippen LogP contribution in [0.5, 0.6) is 0 Å². The molecule has 2 rings (SSSR count). The second-order valence-corrected chi connectivity index (χ2v) is 3.96. The molecule has 72 valence electrons. The zero-order valence-corrected chi connectivity index (χ0v) is 7.79. The van der Waals surface area contributed by atoms with E-state index in [4.69, 9.17) is 0 Å². The van der Waals surface area contributed by atoms with Crippen LogP contribution < -0.4 is 0 Å². The Balaban J connectivity index is 2.00. The van der Waals surface area contributed by atoms with Gasteiger partial charge in [0.05, 0.1) is 0 Å². The molecule has 1 heterocycles. The number of carbonyl (C=O) groups excluding carboxylic acids is 2. The monoisotopic (exact) mass is 181 g/mol. The van der Waals surface area contributed by atoms with Crippen molar-refractivity contribution in [1.29, 1.82) is 0 Å². The van der Waals surface area contributed by atoms with Crippen LogP contribution in [0.2, 0.25) is 0 Å². The third kappa shape index (κ3) is 1.60. The predicted molar refractivity (Wildman–Crippen MR) is 48.2 cm³/mol. The van der Waals surface area contributed by atoms with E-state index in [0.717, 1.165) is 12.8 Å². The van der Waals surface area contributed by atoms with Crippen LogP contribution in [-0.2, 0) is 9.59 Å². The lowest BCUT2D eigenvalue weighted by atomic mass is 9.94. The lowest BCUT2D eigenvalue weighted by molar-refractivity contribution is -0.141. The summed E-state index contributed by atoms with van der Waals surface area (Å²) in [6.07, 6.45) is 6.34. The van der Waals surface area contributed by atoms with Gasteiger partial charge in [0.2, 0.25) is 5.78 Å². The van der Waals surface area contributed by atoms with Crippen molar-refractivity contribution in [3.63, 3.8) is 0 Å². The van der Waals surface area contributed by atoms with E-state index >= 15 is 0 Å². The highest BCUT2D eigenvalue weighted by atomic mass is 16.2. The maximum atomic E-state index is 11.4. The molecule has 1 saturated carbocycles. The van der Waals surface area contributed by atoms with Crippen LogP contribution in [-0.4, -0.2) is 29.2 Å². The Kier molecular flexibility index (Phi) is 2.34. The second-order valence-electron chi connectivity index (χ2n) is 3.96. The minimum atomic E-state index is -0.230. The van der Waals surface area contributed by atoms with Crippen molar-refractivity contribution in [2.45, 2.75) is 44.6 Å². The van der Waals surface area contributed by atoms with Crippen molar-refractivity contribution in [2.75, 3.05) is 6.54 Å². The molecule has 0 N–H and O–H groups in total. The maximum Gasteiger partial charge on any atom is 0.290 e. The molecule has 3 nitrogen and oxygen atoms in total. The number of carbonyl (C=O) groups is 2. The number of amides is 1. The molecule has 0 radical (unpaired) electrons. The first-order valence-electron chi connectivity index (χ1n) is 5.13. The molecule has 1 aliphatic heterocycles. The minimum absolute atomic E-state index is 0.189. The molecule has 0 aromatic heterocycles. The van der Waals surface area contributed by atoms with Gasteiger partial charge in [-0.05, 0) is 12.8 Å². The van der Waals surface area contributed by atoms with Crippen LogP contribution in [0, 0.1) is 0 Å². The molecule has 1 amide bonds. The molecule has 1 aliphatic carbocycles. The molecule has 13 heavy (non-hydrogen) atoms. The highest BCUT2D eigenvalue weighted by Gasteiger charge is 2.34. The van der Waals surface area contributed by atoms with Gasteiger partial charge in [0.15, 0.2) is 0 Å². The van der Waals surface area contributed by atoms with Gasteiger partial charge < -0.3 is 4.90 Å². The first kappa shape index (κ1) is 8.73. The number of hydrogen-bond acceptors (Lipinski definition) is 2. The summed E-state index contributed by atoms with van der Waals surface area (Å²) in [5, 5.41) is 0. The van der Waals surface area contributed by atoms with Crippen LogP contribution in [0.1, 0.15) is 38.5 Å².